The fourth-order valence-corrected chi connectivity index (χ4v) is 3.38. The number of hydrazine groups is 1. The molecule has 2 aromatic rings. The third kappa shape index (κ3) is 5.37. The maximum atomic E-state index is 12.3. The van der Waals surface area contributed by atoms with Crippen molar-refractivity contribution in [1.29, 1.82) is 0 Å². The molecule has 1 fully saturated rings. The van der Waals surface area contributed by atoms with Gasteiger partial charge in [-0.1, -0.05) is 61.7 Å². The van der Waals surface area contributed by atoms with Crippen molar-refractivity contribution in [3.8, 4) is 11.1 Å². The Hall–Kier alpha value is -2.73. The van der Waals surface area contributed by atoms with Gasteiger partial charge in [-0.2, -0.15) is 0 Å². The van der Waals surface area contributed by atoms with Crippen LogP contribution in [0.2, 0.25) is 0 Å². The highest BCUT2D eigenvalue weighted by Crippen LogP contribution is 2.23. The van der Waals surface area contributed by atoms with Crippen molar-refractivity contribution in [2.24, 2.45) is 5.92 Å². The molecule has 2 aromatic carbocycles. The Balaban J connectivity index is 1.49. The lowest BCUT2D eigenvalue weighted by atomic mass is 9.89. The molecule has 0 radical (unpaired) electrons. The number of nitrogens with one attached hydrogen (secondary N) is 3. The van der Waals surface area contributed by atoms with Crippen LogP contribution in [0.1, 0.15) is 42.5 Å². The minimum atomic E-state index is -0.320. The molecule has 0 bridgehead atoms. The van der Waals surface area contributed by atoms with Crippen LogP contribution in [0, 0.1) is 5.92 Å². The maximum absolute atomic E-state index is 12.3. The lowest BCUT2D eigenvalue weighted by molar-refractivity contribution is -0.126. The van der Waals surface area contributed by atoms with Crippen LogP contribution >= 0.6 is 12.2 Å². The highest BCUT2D eigenvalue weighted by molar-refractivity contribution is 7.80. The van der Waals surface area contributed by atoms with Gasteiger partial charge in [-0.25, -0.2) is 0 Å². The second-order valence-corrected chi connectivity index (χ2v) is 7.08. The van der Waals surface area contributed by atoms with Crippen molar-refractivity contribution in [3.05, 3.63) is 60.2 Å². The number of carbonyl (C=O) groups excluding carboxylic acids is 2. The summed E-state index contributed by atoms with van der Waals surface area (Å²) < 4.78 is 0. The van der Waals surface area contributed by atoms with E-state index < -0.39 is 0 Å². The van der Waals surface area contributed by atoms with Crippen molar-refractivity contribution < 1.29 is 9.59 Å². The summed E-state index contributed by atoms with van der Waals surface area (Å²) in [6.07, 6.45) is 5.16. The molecule has 0 unspecified atom stereocenters. The Morgan fingerprint density at radius 3 is 2.11 bits per heavy atom. The summed E-state index contributed by atoms with van der Waals surface area (Å²) >= 11 is 5.09. The average Bonchev–Trinajstić information content (AvgIpc) is 2.73. The molecule has 3 N–H and O–H groups in total. The Morgan fingerprint density at radius 2 is 1.44 bits per heavy atom. The zero-order valence-electron chi connectivity index (χ0n) is 15.0. The molecule has 0 aliphatic heterocycles. The van der Waals surface area contributed by atoms with Gasteiger partial charge in [0.25, 0.3) is 5.91 Å². The molecule has 1 aliphatic carbocycles. The molecular weight excluding hydrogens is 358 g/mol. The number of amides is 2. The summed E-state index contributed by atoms with van der Waals surface area (Å²) in [6.45, 7) is 0. The molecule has 0 heterocycles. The highest BCUT2D eigenvalue weighted by Gasteiger charge is 2.21. The molecule has 27 heavy (non-hydrogen) atoms. The highest BCUT2D eigenvalue weighted by atomic mass is 32.1. The topological polar surface area (TPSA) is 70.2 Å². The summed E-state index contributed by atoms with van der Waals surface area (Å²) in [5.41, 5.74) is 7.83. The van der Waals surface area contributed by atoms with E-state index in [1.807, 2.05) is 42.5 Å². The molecule has 2 amide bonds. The standard InChI is InChI=1S/C21H23N3O2S/c25-19(18-13-11-16(12-14-18)15-7-3-1-4-8-15)22-21(27)24-23-20(26)17-9-5-2-6-10-17/h1,3-4,7-8,11-14,17H,2,5-6,9-10H2,(H,23,26)(H2,22,24,25,27). The van der Waals surface area contributed by atoms with Gasteiger partial charge in [0.15, 0.2) is 5.11 Å². The van der Waals surface area contributed by atoms with Gasteiger partial charge in [0.05, 0.1) is 0 Å². The van der Waals surface area contributed by atoms with E-state index in [0.29, 0.717) is 5.56 Å². The maximum Gasteiger partial charge on any atom is 0.257 e. The molecule has 5 nitrogen and oxygen atoms in total. The lowest BCUT2D eigenvalue weighted by Crippen LogP contribution is -2.50. The first kappa shape index (κ1) is 19.0. The van der Waals surface area contributed by atoms with Crippen molar-refractivity contribution in [1.82, 2.24) is 16.2 Å². The monoisotopic (exact) mass is 381 g/mol. The predicted octanol–water partition coefficient (Wildman–Crippen LogP) is 3.57. The van der Waals surface area contributed by atoms with Gasteiger partial charge >= 0.3 is 0 Å². The molecular formula is C21H23N3O2S. The second kappa shape index (κ2) is 9.28. The lowest BCUT2D eigenvalue weighted by Gasteiger charge is -2.21. The van der Waals surface area contributed by atoms with Gasteiger partial charge in [-0.15, -0.1) is 0 Å². The third-order valence-corrected chi connectivity index (χ3v) is 4.96. The molecule has 140 valence electrons. The molecule has 1 saturated carbocycles. The van der Waals surface area contributed by atoms with E-state index in [2.05, 4.69) is 16.2 Å². The van der Waals surface area contributed by atoms with Crippen LogP contribution in [0.5, 0.6) is 0 Å². The van der Waals surface area contributed by atoms with Gasteiger partial charge in [-0.05, 0) is 48.3 Å². The van der Waals surface area contributed by atoms with Gasteiger partial charge in [-0.3, -0.25) is 25.8 Å². The van der Waals surface area contributed by atoms with Gasteiger partial charge < -0.3 is 0 Å². The largest absolute Gasteiger partial charge is 0.298 e. The number of thiocarbonyl (C=S) groups is 1. The first-order chi connectivity index (χ1) is 13.1. The molecule has 6 heteroatoms. The normalized spacial score (nSPS) is 14.2. The summed E-state index contributed by atoms with van der Waals surface area (Å²) in [6, 6.07) is 17.2. The van der Waals surface area contributed by atoms with E-state index in [4.69, 9.17) is 12.2 Å². The van der Waals surface area contributed by atoms with E-state index in [1.54, 1.807) is 12.1 Å². The van der Waals surface area contributed by atoms with E-state index in [0.717, 1.165) is 36.8 Å². The Labute approximate surface area is 164 Å². The van der Waals surface area contributed by atoms with Crippen molar-refractivity contribution in [3.63, 3.8) is 0 Å². The van der Waals surface area contributed by atoms with Gasteiger partial charge in [0.2, 0.25) is 5.91 Å². The first-order valence-electron chi connectivity index (χ1n) is 9.20. The zero-order chi connectivity index (χ0) is 19.1. The van der Waals surface area contributed by atoms with Gasteiger partial charge in [0, 0.05) is 11.5 Å². The molecule has 0 saturated heterocycles. The Kier molecular flexibility index (Phi) is 6.54. The average molecular weight is 382 g/mol. The van der Waals surface area contributed by atoms with E-state index >= 15 is 0 Å². The molecule has 0 aromatic heterocycles. The fraction of sp³-hybridized carbons (Fsp3) is 0.286. The summed E-state index contributed by atoms with van der Waals surface area (Å²) in [7, 11) is 0. The smallest absolute Gasteiger partial charge is 0.257 e. The van der Waals surface area contributed by atoms with Crippen molar-refractivity contribution in [2.75, 3.05) is 0 Å². The molecule has 3 rings (SSSR count). The van der Waals surface area contributed by atoms with E-state index in [-0.39, 0.29) is 22.8 Å². The minimum absolute atomic E-state index is 0.0234. The molecule has 0 spiro atoms. The van der Waals surface area contributed by atoms with E-state index in [1.165, 1.54) is 6.42 Å². The number of rotatable bonds is 3. The van der Waals surface area contributed by atoms with Crippen LogP contribution in [0.4, 0.5) is 0 Å². The number of carbonyl (C=O) groups is 2. The minimum Gasteiger partial charge on any atom is -0.298 e. The van der Waals surface area contributed by atoms with Crippen LogP contribution in [-0.2, 0) is 4.79 Å². The van der Waals surface area contributed by atoms with Crippen LogP contribution in [0.15, 0.2) is 54.6 Å². The SMILES string of the molecule is O=C(NC(=S)NNC(=O)C1CCCCC1)c1ccc(-c2ccccc2)cc1. The molecule has 0 atom stereocenters. The zero-order valence-corrected chi connectivity index (χ0v) is 15.9. The predicted molar refractivity (Wildman–Crippen MR) is 110 cm³/mol. The Bertz CT molecular complexity index is 800. The fourth-order valence-electron chi connectivity index (χ4n) is 3.24. The quantitative estimate of drug-likeness (QED) is 0.562. The van der Waals surface area contributed by atoms with Crippen molar-refractivity contribution >= 4 is 29.1 Å². The summed E-state index contributed by atoms with van der Waals surface area (Å²) in [5, 5.41) is 2.66. The number of hydrogen-bond donors (Lipinski definition) is 3. The van der Waals surface area contributed by atoms with Crippen molar-refractivity contribution in [2.45, 2.75) is 32.1 Å². The van der Waals surface area contributed by atoms with Gasteiger partial charge in [0.1, 0.15) is 0 Å². The van der Waals surface area contributed by atoms with Crippen LogP contribution in [0.25, 0.3) is 11.1 Å². The first-order valence-corrected chi connectivity index (χ1v) is 9.61. The second-order valence-electron chi connectivity index (χ2n) is 6.68. The third-order valence-electron chi connectivity index (χ3n) is 4.76. The van der Waals surface area contributed by atoms with Crippen LogP contribution < -0.4 is 16.2 Å². The van der Waals surface area contributed by atoms with Crippen LogP contribution in [0.3, 0.4) is 0 Å². The summed E-state index contributed by atoms with van der Waals surface area (Å²) in [4.78, 5) is 24.4. The number of benzene rings is 2. The van der Waals surface area contributed by atoms with Crippen LogP contribution in [-0.4, -0.2) is 16.9 Å². The molecule has 1 aliphatic rings. The number of hydrogen-bond acceptors (Lipinski definition) is 3. The summed E-state index contributed by atoms with van der Waals surface area (Å²) in [5.74, 6) is -0.368. The van der Waals surface area contributed by atoms with E-state index in [9.17, 15) is 9.59 Å². The Morgan fingerprint density at radius 1 is 0.815 bits per heavy atom.